The highest BCUT2D eigenvalue weighted by Gasteiger charge is 2.35. The number of hydrogen-bond donors (Lipinski definition) is 3. The van der Waals surface area contributed by atoms with Crippen LogP contribution < -0.4 is 10.9 Å². The van der Waals surface area contributed by atoms with Gasteiger partial charge in [0.2, 0.25) is 0 Å². The maximum absolute atomic E-state index is 12.6. The van der Waals surface area contributed by atoms with Gasteiger partial charge in [0.15, 0.2) is 0 Å². The summed E-state index contributed by atoms with van der Waals surface area (Å²) in [6.07, 6.45) is 2.16. The number of carboxylic acids is 1. The van der Waals surface area contributed by atoms with Crippen LogP contribution in [0.3, 0.4) is 0 Å². The molecule has 2 aromatic heterocycles. The van der Waals surface area contributed by atoms with Crippen molar-refractivity contribution >= 4 is 28.4 Å². The van der Waals surface area contributed by atoms with Crippen LogP contribution in [0, 0.1) is 5.41 Å². The smallest absolute Gasteiger partial charge is 0.311 e. The van der Waals surface area contributed by atoms with E-state index in [0.29, 0.717) is 23.7 Å². The summed E-state index contributed by atoms with van der Waals surface area (Å²) >= 11 is 0. The quantitative estimate of drug-likeness (QED) is 0.623. The number of fused-ring (bicyclic) bond motifs is 3. The number of hydrogen-bond acceptors (Lipinski definition) is 4. The summed E-state index contributed by atoms with van der Waals surface area (Å²) in [7, 11) is 0. The minimum absolute atomic E-state index is 0.00329. The lowest BCUT2D eigenvalue weighted by Crippen LogP contribution is -2.42. The lowest BCUT2D eigenvalue weighted by Gasteiger charge is -2.26. The van der Waals surface area contributed by atoms with Crippen molar-refractivity contribution in [2.75, 3.05) is 6.54 Å². The second-order valence-corrected chi connectivity index (χ2v) is 6.27. The van der Waals surface area contributed by atoms with Crippen LogP contribution in [0.1, 0.15) is 37.0 Å². The number of aliphatic carboxylic acids is 1. The predicted octanol–water partition coefficient (Wildman–Crippen LogP) is 1.80. The van der Waals surface area contributed by atoms with E-state index in [1.165, 1.54) is 10.7 Å². The van der Waals surface area contributed by atoms with E-state index >= 15 is 0 Å². The number of para-hydroxylation sites is 1. The first-order valence-corrected chi connectivity index (χ1v) is 8.44. The van der Waals surface area contributed by atoms with Gasteiger partial charge in [0, 0.05) is 6.54 Å². The third kappa shape index (κ3) is 2.73. The molecule has 0 spiro atoms. The summed E-state index contributed by atoms with van der Waals surface area (Å²) in [6, 6.07) is 6.96. The number of nitrogens with one attached hydrogen (secondary N) is 2. The van der Waals surface area contributed by atoms with Crippen molar-refractivity contribution in [1.29, 1.82) is 0 Å². The third-order valence-corrected chi connectivity index (χ3v) is 5.02. The van der Waals surface area contributed by atoms with Crippen molar-refractivity contribution in [3.8, 4) is 0 Å². The number of amides is 1. The summed E-state index contributed by atoms with van der Waals surface area (Å²) in [5.41, 5.74) is -0.268. The molecule has 3 aromatic rings. The molecule has 1 amide bonds. The van der Waals surface area contributed by atoms with Gasteiger partial charge in [0.25, 0.3) is 11.5 Å². The average molecular weight is 356 g/mol. The number of carbonyl (C=O) groups is 2. The van der Waals surface area contributed by atoms with Crippen LogP contribution >= 0.6 is 0 Å². The van der Waals surface area contributed by atoms with Gasteiger partial charge in [-0.1, -0.05) is 26.0 Å². The van der Waals surface area contributed by atoms with Gasteiger partial charge in [0.05, 0.1) is 22.5 Å². The van der Waals surface area contributed by atoms with Crippen molar-refractivity contribution in [2.45, 2.75) is 26.7 Å². The zero-order chi connectivity index (χ0) is 18.9. The fourth-order valence-electron chi connectivity index (χ4n) is 3.07. The SMILES string of the molecule is CCC(CC)(CNC(=O)c1cnn2c1[nH]c(=O)c1ccccc12)C(=O)O. The van der Waals surface area contributed by atoms with E-state index in [9.17, 15) is 19.5 Å². The summed E-state index contributed by atoms with van der Waals surface area (Å²) in [5, 5.41) is 16.8. The van der Waals surface area contributed by atoms with Crippen LogP contribution in [0.15, 0.2) is 35.3 Å². The van der Waals surface area contributed by atoms with Gasteiger partial charge in [-0.25, -0.2) is 4.52 Å². The molecule has 0 bridgehead atoms. The highest BCUT2D eigenvalue weighted by atomic mass is 16.4. The van der Waals surface area contributed by atoms with E-state index in [1.54, 1.807) is 38.1 Å². The fourth-order valence-corrected chi connectivity index (χ4v) is 3.07. The molecule has 26 heavy (non-hydrogen) atoms. The van der Waals surface area contributed by atoms with E-state index in [2.05, 4.69) is 15.4 Å². The van der Waals surface area contributed by atoms with Crippen molar-refractivity contribution < 1.29 is 14.7 Å². The summed E-state index contributed by atoms with van der Waals surface area (Å²) < 4.78 is 1.50. The Bertz CT molecular complexity index is 1050. The van der Waals surface area contributed by atoms with E-state index in [1.807, 2.05) is 0 Å². The molecule has 0 aliphatic rings. The lowest BCUT2D eigenvalue weighted by atomic mass is 9.82. The maximum Gasteiger partial charge on any atom is 0.311 e. The van der Waals surface area contributed by atoms with Crippen molar-refractivity contribution in [2.24, 2.45) is 5.41 Å². The zero-order valence-corrected chi connectivity index (χ0v) is 14.6. The van der Waals surface area contributed by atoms with Gasteiger partial charge < -0.3 is 15.4 Å². The molecule has 0 aliphatic carbocycles. The molecule has 3 N–H and O–H groups in total. The number of carbonyl (C=O) groups excluding carboxylic acids is 1. The number of H-pyrrole nitrogens is 1. The van der Waals surface area contributed by atoms with Gasteiger partial charge in [-0.15, -0.1) is 0 Å². The molecule has 0 radical (unpaired) electrons. The lowest BCUT2D eigenvalue weighted by molar-refractivity contribution is -0.149. The molecule has 3 rings (SSSR count). The normalized spacial score (nSPS) is 11.8. The predicted molar refractivity (Wildman–Crippen MR) is 96.3 cm³/mol. The number of aromatic nitrogens is 3. The monoisotopic (exact) mass is 356 g/mol. The van der Waals surface area contributed by atoms with Gasteiger partial charge >= 0.3 is 5.97 Å². The summed E-state index contributed by atoms with van der Waals surface area (Å²) in [5.74, 6) is -1.42. The molecule has 0 fully saturated rings. The Morgan fingerprint density at radius 1 is 1.27 bits per heavy atom. The van der Waals surface area contributed by atoms with Crippen molar-refractivity contribution in [1.82, 2.24) is 19.9 Å². The molecule has 136 valence electrons. The second kappa shape index (κ2) is 6.62. The molecule has 0 unspecified atom stereocenters. The number of carboxylic acid groups (broad SMARTS) is 1. The average Bonchev–Trinajstić information content (AvgIpc) is 3.07. The van der Waals surface area contributed by atoms with Crippen LogP contribution in [0.4, 0.5) is 0 Å². The molecular weight excluding hydrogens is 336 g/mol. The molecule has 8 heteroatoms. The van der Waals surface area contributed by atoms with E-state index in [4.69, 9.17) is 0 Å². The molecule has 0 saturated carbocycles. The first-order chi connectivity index (χ1) is 12.4. The van der Waals surface area contributed by atoms with E-state index < -0.39 is 17.3 Å². The van der Waals surface area contributed by atoms with Gasteiger partial charge in [-0.05, 0) is 25.0 Å². The first kappa shape index (κ1) is 17.7. The van der Waals surface area contributed by atoms with E-state index in [0.717, 1.165) is 0 Å². The zero-order valence-electron chi connectivity index (χ0n) is 14.6. The Labute approximate surface area is 148 Å². The Morgan fingerprint density at radius 2 is 1.96 bits per heavy atom. The molecular formula is C18H20N4O4. The topological polar surface area (TPSA) is 117 Å². The minimum atomic E-state index is -1.02. The van der Waals surface area contributed by atoms with E-state index in [-0.39, 0.29) is 23.3 Å². The second-order valence-electron chi connectivity index (χ2n) is 6.27. The fraction of sp³-hybridized carbons (Fsp3) is 0.333. The molecule has 0 aliphatic heterocycles. The van der Waals surface area contributed by atoms with Gasteiger partial charge in [-0.2, -0.15) is 5.10 Å². The van der Waals surface area contributed by atoms with Crippen LogP contribution in [0.5, 0.6) is 0 Å². The van der Waals surface area contributed by atoms with Crippen LogP contribution in [0.25, 0.3) is 16.6 Å². The Kier molecular flexibility index (Phi) is 4.50. The Hall–Kier alpha value is -3.16. The summed E-state index contributed by atoms with van der Waals surface area (Å²) in [6.45, 7) is 3.56. The van der Waals surface area contributed by atoms with Gasteiger partial charge in [0.1, 0.15) is 11.2 Å². The highest BCUT2D eigenvalue weighted by Crippen LogP contribution is 2.26. The molecule has 0 saturated heterocycles. The third-order valence-electron chi connectivity index (χ3n) is 5.02. The van der Waals surface area contributed by atoms with Crippen molar-refractivity contribution in [3.05, 3.63) is 46.4 Å². The van der Waals surface area contributed by atoms with Gasteiger partial charge in [-0.3, -0.25) is 14.4 Å². The minimum Gasteiger partial charge on any atom is -0.481 e. The number of aromatic amines is 1. The Morgan fingerprint density at radius 3 is 2.62 bits per heavy atom. The van der Waals surface area contributed by atoms with Crippen molar-refractivity contribution in [3.63, 3.8) is 0 Å². The van der Waals surface area contributed by atoms with Crippen LogP contribution in [0.2, 0.25) is 0 Å². The Balaban J connectivity index is 1.97. The number of nitrogens with zero attached hydrogens (tertiary/aromatic N) is 2. The molecule has 1 aromatic carbocycles. The number of rotatable bonds is 6. The maximum atomic E-state index is 12.6. The summed E-state index contributed by atoms with van der Waals surface area (Å²) in [4.78, 5) is 39.1. The molecule has 2 heterocycles. The van der Waals surface area contributed by atoms with Crippen LogP contribution in [-0.4, -0.2) is 38.1 Å². The molecule has 0 atom stereocenters. The molecule has 8 nitrogen and oxygen atoms in total. The standard InChI is InChI=1S/C18H20N4O4/c1-3-18(4-2,17(25)26)10-19-15(23)12-9-20-22-13-8-6-5-7-11(13)16(24)21-14(12)22/h5-9H,3-4,10H2,1-2H3,(H,19,23)(H,21,24)(H,25,26). The van der Waals surface area contributed by atoms with Crippen LogP contribution in [-0.2, 0) is 4.79 Å². The first-order valence-electron chi connectivity index (χ1n) is 8.44. The number of benzene rings is 1. The largest absolute Gasteiger partial charge is 0.481 e. The highest BCUT2D eigenvalue weighted by molar-refractivity contribution is 6.00.